The second kappa shape index (κ2) is 5.07. The molecular formula is C11H17FN2O4S. The third kappa shape index (κ3) is 3.05. The summed E-state index contributed by atoms with van der Waals surface area (Å²) in [5.41, 5.74) is 0. The second-order valence-corrected chi connectivity index (χ2v) is 6.70. The van der Waals surface area contributed by atoms with Crippen molar-refractivity contribution in [3.63, 3.8) is 0 Å². The Labute approximate surface area is 111 Å². The molecule has 0 aromatic heterocycles. The number of rotatable bonds is 2. The van der Waals surface area contributed by atoms with Gasteiger partial charge in [-0.3, -0.25) is 9.59 Å². The predicted octanol–water partition coefficient (Wildman–Crippen LogP) is -0.103. The van der Waals surface area contributed by atoms with E-state index in [0.29, 0.717) is 25.9 Å². The molecule has 0 aromatic rings. The van der Waals surface area contributed by atoms with Crippen LogP contribution < -0.4 is 0 Å². The van der Waals surface area contributed by atoms with Gasteiger partial charge in [0.2, 0.25) is 11.8 Å². The lowest BCUT2D eigenvalue weighted by atomic mass is 10.0. The minimum Gasteiger partial charge on any atom is -0.343 e. The van der Waals surface area contributed by atoms with Crippen LogP contribution in [0.5, 0.6) is 0 Å². The van der Waals surface area contributed by atoms with E-state index in [0.717, 1.165) is 0 Å². The minimum atomic E-state index is -4.66. The Bertz CT molecular complexity index is 485. The number of amides is 2. The van der Waals surface area contributed by atoms with E-state index in [2.05, 4.69) is 0 Å². The van der Waals surface area contributed by atoms with Crippen LogP contribution in [0.1, 0.15) is 26.2 Å². The maximum atomic E-state index is 12.9. The van der Waals surface area contributed by atoms with Crippen molar-refractivity contribution in [2.75, 3.05) is 19.6 Å². The molecule has 1 unspecified atom stereocenters. The number of hydrogen-bond donors (Lipinski definition) is 0. The average Bonchev–Trinajstić information content (AvgIpc) is 2.71. The van der Waals surface area contributed by atoms with E-state index < -0.39 is 15.5 Å². The van der Waals surface area contributed by atoms with Crippen LogP contribution in [-0.2, 0) is 19.8 Å². The standard InChI is InChI=1S/C11H17FN2O4S/c1-8(15)13-4-2-9(3-5-13)14-7-10(6-11(14)16)19(12,17)18/h9-10H,2-7H2,1H3. The highest BCUT2D eigenvalue weighted by Crippen LogP contribution is 2.26. The molecule has 2 aliphatic rings. The lowest BCUT2D eigenvalue weighted by Gasteiger charge is -2.36. The molecule has 2 rings (SSSR count). The third-order valence-electron chi connectivity index (χ3n) is 3.87. The second-order valence-electron chi connectivity index (χ2n) is 5.09. The zero-order chi connectivity index (χ0) is 14.2. The molecule has 2 saturated heterocycles. The monoisotopic (exact) mass is 292 g/mol. The Morgan fingerprint density at radius 2 is 1.89 bits per heavy atom. The highest BCUT2D eigenvalue weighted by atomic mass is 32.3. The van der Waals surface area contributed by atoms with Gasteiger partial charge >= 0.3 is 10.2 Å². The molecule has 0 N–H and O–H groups in total. The van der Waals surface area contributed by atoms with Gasteiger partial charge in [-0.1, -0.05) is 0 Å². The van der Waals surface area contributed by atoms with Gasteiger partial charge in [0, 0.05) is 39.0 Å². The van der Waals surface area contributed by atoms with E-state index in [4.69, 9.17) is 0 Å². The SMILES string of the molecule is CC(=O)N1CCC(N2CC(S(=O)(=O)F)CC2=O)CC1. The number of likely N-dealkylation sites (tertiary alicyclic amines) is 2. The van der Waals surface area contributed by atoms with Crippen molar-refractivity contribution >= 4 is 22.0 Å². The molecular weight excluding hydrogens is 275 g/mol. The first-order valence-corrected chi connectivity index (χ1v) is 7.72. The number of hydrogen-bond acceptors (Lipinski definition) is 4. The smallest absolute Gasteiger partial charge is 0.307 e. The lowest BCUT2D eigenvalue weighted by Crippen LogP contribution is -2.47. The highest BCUT2D eigenvalue weighted by Gasteiger charge is 2.41. The average molecular weight is 292 g/mol. The molecule has 8 heteroatoms. The van der Waals surface area contributed by atoms with Crippen molar-refractivity contribution in [1.82, 2.24) is 9.80 Å². The maximum Gasteiger partial charge on any atom is 0.307 e. The summed E-state index contributed by atoms with van der Waals surface area (Å²) >= 11 is 0. The van der Waals surface area contributed by atoms with Gasteiger partial charge in [-0.05, 0) is 12.8 Å². The van der Waals surface area contributed by atoms with Crippen LogP contribution in [0.3, 0.4) is 0 Å². The van der Waals surface area contributed by atoms with Crippen LogP contribution in [0, 0.1) is 0 Å². The van der Waals surface area contributed by atoms with Crippen LogP contribution >= 0.6 is 0 Å². The number of halogens is 1. The summed E-state index contributed by atoms with van der Waals surface area (Å²) in [6, 6.07) is -0.0881. The summed E-state index contributed by atoms with van der Waals surface area (Å²) in [5.74, 6) is -0.317. The first-order valence-electron chi connectivity index (χ1n) is 6.27. The van der Waals surface area contributed by atoms with Crippen molar-refractivity contribution < 1.29 is 21.9 Å². The Morgan fingerprint density at radius 3 is 2.32 bits per heavy atom. The fraction of sp³-hybridized carbons (Fsp3) is 0.818. The molecule has 0 spiro atoms. The normalized spacial score (nSPS) is 26.0. The van der Waals surface area contributed by atoms with Crippen LogP contribution in [0.4, 0.5) is 3.89 Å². The van der Waals surface area contributed by atoms with Gasteiger partial charge in [-0.25, -0.2) is 0 Å². The Balaban J connectivity index is 1.97. The number of piperidine rings is 1. The summed E-state index contributed by atoms with van der Waals surface area (Å²) in [5, 5.41) is -1.23. The molecule has 0 aromatic carbocycles. The molecule has 0 saturated carbocycles. The van der Waals surface area contributed by atoms with Crippen molar-refractivity contribution in [3.8, 4) is 0 Å². The minimum absolute atomic E-state index is 0.00425. The van der Waals surface area contributed by atoms with Gasteiger partial charge < -0.3 is 9.80 Å². The van der Waals surface area contributed by atoms with Crippen LogP contribution in [-0.4, -0.2) is 61.0 Å². The Morgan fingerprint density at radius 1 is 1.32 bits per heavy atom. The van der Waals surface area contributed by atoms with Gasteiger partial charge in [0.05, 0.1) is 0 Å². The quantitative estimate of drug-likeness (QED) is 0.666. The van der Waals surface area contributed by atoms with Crippen molar-refractivity contribution in [3.05, 3.63) is 0 Å². The molecule has 2 amide bonds. The largest absolute Gasteiger partial charge is 0.343 e. The Hall–Kier alpha value is -1.18. The molecule has 108 valence electrons. The topological polar surface area (TPSA) is 74.8 Å². The fourth-order valence-electron chi connectivity index (χ4n) is 2.73. The molecule has 2 fully saturated rings. The molecule has 2 aliphatic heterocycles. The van der Waals surface area contributed by atoms with Gasteiger partial charge in [0.25, 0.3) is 0 Å². The van der Waals surface area contributed by atoms with Crippen molar-refractivity contribution in [1.29, 1.82) is 0 Å². The highest BCUT2D eigenvalue weighted by molar-refractivity contribution is 7.87. The molecule has 0 bridgehead atoms. The molecule has 1 atom stereocenters. The van der Waals surface area contributed by atoms with Crippen LogP contribution in [0.25, 0.3) is 0 Å². The summed E-state index contributed by atoms with van der Waals surface area (Å²) in [7, 11) is -4.66. The fourth-order valence-corrected chi connectivity index (χ4v) is 3.41. The predicted molar refractivity (Wildman–Crippen MR) is 65.4 cm³/mol. The van der Waals surface area contributed by atoms with E-state index in [1.54, 1.807) is 4.90 Å². The van der Waals surface area contributed by atoms with Crippen LogP contribution in [0.15, 0.2) is 0 Å². The summed E-state index contributed by atoms with van der Waals surface area (Å²) in [6.45, 7) is 2.53. The first kappa shape index (κ1) is 14.2. The number of nitrogens with zero attached hydrogens (tertiary/aromatic N) is 2. The molecule has 6 nitrogen and oxygen atoms in total. The zero-order valence-electron chi connectivity index (χ0n) is 10.7. The van der Waals surface area contributed by atoms with Gasteiger partial charge in [0.15, 0.2) is 0 Å². The van der Waals surface area contributed by atoms with E-state index in [1.807, 2.05) is 0 Å². The summed E-state index contributed by atoms with van der Waals surface area (Å²) in [4.78, 5) is 26.1. The van der Waals surface area contributed by atoms with Gasteiger partial charge in [-0.2, -0.15) is 8.42 Å². The summed E-state index contributed by atoms with van der Waals surface area (Å²) < 4.78 is 34.6. The van der Waals surface area contributed by atoms with Gasteiger partial charge in [-0.15, -0.1) is 3.89 Å². The summed E-state index contributed by atoms with van der Waals surface area (Å²) in [6.07, 6.45) is 0.959. The molecule has 0 aliphatic carbocycles. The molecule has 19 heavy (non-hydrogen) atoms. The van der Waals surface area contributed by atoms with Gasteiger partial charge in [0.1, 0.15) is 5.25 Å². The van der Waals surface area contributed by atoms with E-state index in [1.165, 1.54) is 11.8 Å². The van der Waals surface area contributed by atoms with Crippen molar-refractivity contribution in [2.45, 2.75) is 37.5 Å². The lowest BCUT2D eigenvalue weighted by molar-refractivity contribution is -0.133. The van der Waals surface area contributed by atoms with E-state index >= 15 is 0 Å². The van der Waals surface area contributed by atoms with Crippen LogP contribution in [0.2, 0.25) is 0 Å². The Kier molecular flexibility index (Phi) is 3.80. The maximum absolute atomic E-state index is 12.9. The van der Waals surface area contributed by atoms with Crippen molar-refractivity contribution in [2.24, 2.45) is 0 Å². The number of carbonyl (C=O) groups is 2. The zero-order valence-corrected chi connectivity index (χ0v) is 11.5. The third-order valence-corrected chi connectivity index (χ3v) is 4.98. The van der Waals surface area contributed by atoms with E-state index in [9.17, 15) is 21.9 Å². The molecule has 2 heterocycles. The number of carbonyl (C=O) groups excluding carboxylic acids is 2. The van der Waals surface area contributed by atoms with E-state index in [-0.39, 0.29) is 30.8 Å². The molecule has 0 radical (unpaired) electrons. The first-order chi connectivity index (χ1) is 8.79.